The molecule has 0 aliphatic heterocycles. The Morgan fingerprint density at radius 2 is 1.48 bits per heavy atom. The van der Waals surface area contributed by atoms with Gasteiger partial charge in [0.15, 0.2) is 0 Å². The van der Waals surface area contributed by atoms with Gasteiger partial charge >= 0.3 is 5.97 Å². The molecule has 0 heterocycles. The Labute approximate surface area is 181 Å². The van der Waals surface area contributed by atoms with Crippen LogP contribution in [0.15, 0.2) is 53.4 Å². The van der Waals surface area contributed by atoms with Crippen molar-refractivity contribution in [3.05, 3.63) is 59.7 Å². The first-order valence-electron chi connectivity index (χ1n) is 9.71. The summed E-state index contributed by atoms with van der Waals surface area (Å²) in [5.74, 6) is -1.02. The Balaban J connectivity index is 1.83. The van der Waals surface area contributed by atoms with Crippen LogP contribution in [0.4, 0.5) is 5.69 Å². The van der Waals surface area contributed by atoms with E-state index in [0.29, 0.717) is 17.7 Å². The van der Waals surface area contributed by atoms with Crippen LogP contribution in [0.1, 0.15) is 41.0 Å². The number of carbonyl (C=O) groups excluding carboxylic acids is 3. The van der Waals surface area contributed by atoms with Gasteiger partial charge in [-0.25, -0.2) is 17.9 Å². The Bertz CT molecular complexity index is 1020. The van der Waals surface area contributed by atoms with E-state index in [1.807, 2.05) is 0 Å². The number of ether oxygens (including phenoxy) is 1. The summed E-state index contributed by atoms with van der Waals surface area (Å²) in [5, 5.41) is 5.30. The highest BCUT2D eigenvalue weighted by molar-refractivity contribution is 7.89. The SMILES string of the molecule is CCOC(=O)c1ccc(S(=O)(=O)NCCNC(=O)c2ccc(NC(=O)CC)cc2)cc1. The van der Waals surface area contributed by atoms with Gasteiger partial charge in [-0.3, -0.25) is 9.59 Å². The average molecular weight is 448 g/mol. The number of nitrogens with one attached hydrogen (secondary N) is 3. The van der Waals surface area contributed by atoms with Crippen molar-refractivity contribution in [1.82, 2.24) is 10.0 Å². The van der Waals surface area contributed by atoms with E-state index < -0.39 is 16.0 Å². The average Bonchev–Trinajstić information content (AvgIpc) is 2.77. The summed E-state index contributed by atoms with van der Waals surface area (Å²) in [7, 11) is -3.79. The van der Waals surface area contributed by atoms with Gasteiger partial charge in [-0.1, -0.05) is 6.92 Å². The molecule has 31 heavy (non-hydrogen) atoms. The summed E-state index contributed by atoms with van der Waals surface area (Å²) in [4.78, 5) is 35.2. The zero-order chi connectivity index (χ0) is 22.9. The molecule has 0 radical (unpaired) electrons. The summed E-state index contributed by atoms with van der Waals surface area (Å²) in [6.07, 6.45) is 0.355. The van der Waals surface area contributed by atoms with Crippen molar-refractivity contribution in [3.63, 3.8) is 0 Å². The molecule has 0 saturated carbocycles. The van der Waals surface area contributed by atoms with Crippen molar-refractivity contribution in [2.24, 2.45) is 0 Å². The van der Waals surface area contributed by atoms with Crippen LogP contribution in [0.2, 0.25) is 0 Å². The molecule has 0 unspecified atom stereocenters. The Kier molecular flexibility index (Phi) is 8.71. The van der Waals surface area contributed by atoms with Gasteiger partial charge in [0.1, 0.15) is 0 Å². The minimum Gasteiger partial charge on any atom is -0.462 e. The molecule has 0 spiro atoms. The topological polar surface area (TPSA) is 131 Å². The molecule has 2 rings (SSSR count). The monoisotopic (exact) mass is 447 g/mol. The van der Waals surface area contributed by atoms with Crippen LogP contribution in [0.5, 0.6) is 0 Å². The van der Waals surface area contributed by atoms with E-state index in [1.165, 1.54) is 24.3 Å². The van der Waals surface area contributed by atoms with E-state index in [4.69, 9.17) is 4.74 Å². The van der Waals surface area contributed by atoms with E-state index in [-0.39, 0.29) is 42.0 Å². The van der Waals surface area contributed by atoms with E-state index in [1.54, 1.807) is 38.1 Å². The first kappa shape index (κ1) is 24.0. The standard InChI is InChI=1S/C21H25N3O6S/c1-3-19(25)24-17-9-5-15(6-10-17)20(26)22-13-14-23-31(28,29)18-11-7-16(8-12-18)21(27)30-4-2/h5-12,23H,3-4,13-14H2,1-2H3,(H,22,26)(H,24,25). The molecule has 166 valence electrons. The van der Waals surface area contributed by atoms with Crippen LogP contribution in [-0.2, 0) is 19.6 Å². The summed E-state index contributed by atoms with van der Waals surface area (Å²) in [6.45, 7) is 3.71. The lowest BCUT2D eigenvalue weighted by Gasteiger charge is -2.09. The lowest BCUT2D eigenvalue weighted by molar-refractivity contribution is -0.115. The smallest absolute Gasteiger partial charge is 0.338 e. The molecule has 3 N–H and O–H groups in total. The molecule has 0 bridgehead atoms. The number of rotatable bonds is 10. The molecule has 9 nitrogen and oxygen atoms in total. The minimum atomic E-state index is -3.79. The van der Waals surface area contributed by atoms with Crippen molar-refractivity contribution in [3.8, 4) is 0 Å². The van der Waals surface area contributed by atoms with Gasteiger partial charge in [-0.2, -0.15) is 0 Å². The fraction of sp³-hybridized carbons (Fsp3) is 0.286. The van der Waals surface area contributed by atoms with Gasteiger partial charge in [0, 0.05) is 30.8 Å². The number of amides is 2. The fourth-order valence-electron chi connectivity index (χ4n) is 2.49. The van der Waals surface area contributed by atoms with Gasteiger partial charge < -0.3 is 15.4 Å². The molecule has 0 aliphatic rings. The van der Waals surface area contributed by atoms with Gasteiger partial charge in [0.25, 0.3) is 5.91 Å². The lowest BCUT2D eigenvalue weighted by Crippen LogP contribution is -2.34. The first-order chi connectivity index (χ1) is 14.8. The maximum absolute atomic E-state index is 12.3. The number of hydrogen-bond donors (Lipinski definition) is 3. The van der Waals surface area contributed by atoms with E-state index >= 15 is 0 Å². The number of esters is 1. The highest BCUT2D eigenvalue weighted by Gasteiger charge is 2.15. The van der Waals surface area contributed by atoms with Crippen LogP contribution in [0.25, 0.3) is 0 Å². The number of hydrogen-bond acceptors (Lipinski definition) is 6. The van der Waals surface area contributed by atoms with E-state index in [0.717, 1.165) is 0 Å². The third-order valence-electron chi connectivity index (χ3n) is 4.13. The highest BCUT2D eigenvalue weighted by atomic mass is 32.2. The summed E-state index contributed by atoms with van der Waals surface area (Å²) >= 11 is 0. The van der Waals surface area contributed by atoms with Crippen molar-refractivity contribution < 1.29 is 27.5 Å². The molecule has 2 aromatic carbocycles. The molecule has 0 saturated heterocycles. The molecule has 2 amide bonds. The predicted octanol–water partition coefficient (Wildman–Crippen LogP) is 1.92. The zero-order valence-electron chi connectivity index (χ0n) is 17.3. The third kappa shape index (κ3) is 7.19. The second kappa shape index (κ2) is 11.2. The maximum Gasteiger partial charge on any atom is 0.338 e. The summed E-state index contributed by atoms with van der Waals surface area (Å²) in [6, 6.07) is 11.7. The molecule has 0 aromatic heterocycles. The van der Waals surface area contributed by atoms with Crippen LogP contribution in [0.3, 0.4) is 0 Å². The van der Waals surface area contributed by atoms with Gasteiger partial charge in [0.05, 0.1) is 17.1 Å². The van der Waals surface area contributed by atoms with Crippen molar-refractivity contribution >= 4 is 33.5 Å². The normalized spacial score (nSPS) is 10.9. The first-order valence-corrected chi connectivity index (χ1v) is 11.2. The molecule has 0 aliphatic carbocycles. The number of anilines is 1. The predicted molar refractivity (Wildman–Crippen MR) is 115 cm³/mol. The van der Waals surface area contributed by atoms with Crippen molar-refractivity contribution in [2.45, 2.75) is 25.2 Å². The number of carbonyl (C=O) groups is 3. The summed E-state index contributed by atoms with van der Waals surface area (Å²) < 4.78 is 31.9. The van der Waals surface area contributed by atoms with E-state index in [2.05, 4.69) is 15.4 Å². The van der Waals surface area contributed by atoms with E-state index in [9.17, 15) is 22.8 Å². The quantitative estimate of drug-likeness (QED) is 0.377. The maximum atomic E-state index is 12.3. The zero-order valence-corrected chi connectivity index (χ0v) is 18.1. The Hall–Kier alpha value is -3.24. The molecular formula is C21H25N3O6S. The van der Waals surface area contributed by atoms with Crippen molar-refractivity contribution in [1.29, 1.82) is 0 Å². The Morgan fingerprint density at radius 1 is 0.871 bits per heavy atom. The van der Waals surface area contributed by atoms with Gasteiger partial charge in [-0.05, 0) is 55.5 Å². The fourth-order valence-corrected chi connectivity index (χ4v) is 3.52. The molecular weight excluding hydrogens is 422 g/mol. The van der Waals surface area contributed by atoms with Crippen LogP contribution >= 0.6 is 0 Å². The third-order valence-corrected chi connectivity index (χ3v) is 5.61. The number of benzene rings is 2. The second-order valence-electron chi connectivity index (χ2n) is 6.38. The second-order valence-corrected chi connectivity index (χ2v) is 8.14. The summed E-state index contributed by atoms with van der Waals surface area (Å²) in [5.41, 5.74) is 1.23. The number of sulfonamides is 1. The van der Waals surface area contributed by atoms with Crippen LogP contribution in [0, 0.1) is 0 Å². The molecule has 2 aromatic rings. The Morgan fingerprint density at radius 3 is 2.06 bits per heavy atom. The van der Waals surface area contributed by atoms with Crippen molar-refractivity contribution in [2.75, 3.05) is 25.0 Å². The minimum absolute atomic E-state index is 0.00316. The molecule has 0 fully saturated rings. The van der Waals surface area contributed by atoms with Crippen LogP contribution < -0.4 is 15.4 Å². The van der Waals surface area contributed by atoms with Gasteiger partial charge in [-0.15, -0.1) is 0 Å². The lowest BCUT2D eigenvalue weighted by atomic mass is 10.2. The van der Waals surface area contributed by atoms with Crippen LogP contribution in [-0.4, -0.2) is 45.9 Å². The highest BCUT2D eigenvalue weighted by Crippen LogP contribution is 2.12. The van der Waals surface area contributed by atoms with Gasteiger partial charge in [0.2, 0.25) is 15.9 Å². The largest absolute Gasteiger partial charge is 0.462 e. The molecule has 0 atom stereocenters. The molecule has 10 heteroatoms.